The predicted octanol–water partition coefficient (Wildman–Crippen LogP) is 4.37. The van der Waals surface area contributed by atoms with Crippen LogP contribution < -0.4 is 4.74 Å². The average molecular weight is 275 g/mol. The second-order valence-electron chi connectivity index (χ2n) is 4.16. The minimum absolute atomic E-state index is 0.131. The lowest BCUT2D eigenvalue weighted by atomic mass is 10.2. The maximum atomic E-state index is 9.65. The van der Waals surface area contributed by atoms with Gasteiger partial charge in [-0.15, -0.1) is 0 Å². The summed E-state index contributed by atoms with van der Waals surface area (Å²) >= 11 is 5.89. The van der Waals surface area contributed by atoms with Crippen LogP contribution in [0.3, 0.4) is 0 Å². The van der Waals surface area contributed by atoms with Crippen LogP contribution in [0.2, 0.25) is 5.02 Å². The summed E-state index contributed by atoms with van der Waals surface area (Å²) < 4.78 is 11.0. The number of aromatic hydroxyl groups is 1. The zero-order chi connectivity index (χ0) is 13.2. The third-order valence-electron chi connectivity index (χ3n) is 2.85. The number of rotatable bonds is 3. The van der Waals surface area contributed by atoms with E-state index in [-0.39, 0.29) is 5.75 Å². The zero-order valence-electron chi connectivity index (χ0n) is 9.97. The number of halogens is 1. The third-order valence-corrected chi connectivity index (χ3v) is 3.08. The van der Waals surface area contributed by atoms with Crippen molar-refractivity contribution in [2.45, 2.75) is 6.61 Å². The van der Waals surface area contributed by atoms with Crippen LogP contribution in [0.15, 0.2) is 53.1 Å². The summed E-state index contributed by atoms with van der Waals surface area (Å²) in [5.74, 6) is 0.827. The molecule has 0 saturated heterocycles. The summed E-state index contributed by atoms with van der Waals surface area (Å²) in [6.45, 7) is 0.358. The fourth-order valence-corrected chi connectivity index (χ4v) is 2.11. The molecule has 0 unspecified atom stereocenters. The van der Waals surface area contributed by atoms with Crippen molar-refractivity contribution >= 4 is 22.6 Å². The van der Waals surface area contributed by atoms with Crippen LogP contribution in [0.5, 0.6) is 11.5 Å². The van der Waals surface area contributed by atoms with Gasteiger partial charge >= 0.3 is 0 Å². The first kappa shape index (κ1) is 11.9. The zero-order valence-corrected chi connectivity index (χ0v) is 10.7. The van der Waals surface area contributed by atoms with E-state index in [0.29, 0.717) is 23.0 Å². The highest BCUT2D eigenvalue weighted by Gasteiger charge is 2.09. The predicted molar refractivity (Wildman–Crippen MR) is 73.7 cm³/mol. The largest absolute Gasteiger partial charge is 0.504 e. The standard InChI is InChI=1S/C15H11ClO3/c16-11-3-1-4-12(7-11)18-8-10-9-19-15-13(10)5-2-6-14(15)17/h1-7,9,17H,8H2. The van der Waals surface area contributed by atoms with Gasteiger partial charge < -0.3 is 14.3 Å². The molecular formula is C15H11ClO3. The van der Waals surface area contributed by atoms with Crippen LogP contribution in [0.4, 0.5) is 0 Å². The van der Waals surface area contributed by atoms with Crippen molar-refractivity contribution in [2.75, 3.05) is 0 Å². The van der Waals surface area contributed by atoms with Gasteiger partial charge in [0.15, 0.2) is 11.3 Å². The molecule has 0 atom stereocenters. The highest BCUT2D eigenvalue weighted by Crippen LogP contribution is 2.29. The summed E-state index contributed by atoms with van der Waals surface area (Å²) in [6, 6.07) is 12.5. The Labute approximate surface area is 115 Å². The molecule has 1 N–H and O–H groups in total. The Bertz CT molecular complexity index is 718. The van der Waals surface area contributed by atoms with E-state index in [4.69, 9.17) is 20.8 Å². The van der Waals surface area contributed by atoms with Gasteiger partial charge in [0.05, 0.1) is 6.26 Å². The fraction of sp³-hybridized carbons (Fsp3) is 0.0667. The van der Waals surface area contributed by atoms with Crippen LogP contribution in [0, 0.1) is 0 Å². The minimum Gasteiger partial charge on any atom is -0.504 e. The molecule has 3 aromatic rings. The van der Waals surface area contributed by atoms with Gasteiger partial charge in [0.1, 0.15) is 12.4 Å². The smallest absolute Gasteiger partial charge is 0.175 e. The first-order valence-electron chi connectivity index (χ1n) is 5.80. The summed E-state index contributed by atoms with van der Waals surface area (Å²) in [5, 5.41) is 11.1. The van der Waals surface area contributed by atoms with E-state index < -0.39 is 0 Å². The van der Waals surface area contributed by atoms with Crippen molar-refractivity contribution in [1.29, 1.82) is 0 Å². The summed E-state index contributed by atoms with van der Waals surface area (Å²) in [4.78, 5) is 0. The highest BCUT2D eigenvalue weighted by atomic mass is 35.5. The normalized spacial score (nSPS) is 10.8. The van der Waals surface area contributed by atoms with Crippen molar-refractivity contribution in [3.05, 3.63) is 59.3 Å². The summed E-state index contributed by atoms with van der Waals surface area (Å²) in [7, 11) is 0. The molecule has 1 aromatic heterocycles. The molecule has 2 aromatic carbocycles. The Morgan fingerprint density at radius 1 is 1.16 bits per heavy atom. The van der Waals surface area contributed by atoms with Crippen LogP contribution in [0.1, 0.15) is 5.56 Å². The number of furan rings is 1. The molecule has 0 aliphatic heterocycles. The van der Waals surface area contributed by atoms with E-state index in [1.54, 1.807) is 30.5 Å². The van der Waals surface area contributed by atoms with Crippen molar-refractivity contribution in [1.82, 2.24) is 0 Å². The van der Waals surface area contributed by atoms with Gasteiger partial charge in [-0.3, -0.25) is 0 Å². The Hall–Kier alpha value is -2.13. The number of phenols is 1. The summed E-state index contributed by atoms with van der Waals surface area (Å²) in [5.41, 5.74) is 1.36. The molecule has 96 valence electrons. The van der Waals surface area contributed by atoms with Gasteiger partial charge in [0.2, 0.25) is 0 Å². The first-order valence-corrected chi connectivity index (χ1v) is 6.18. The fourth-order valence-electron chi connectivity index (χ4n) is 1.92. The second kappa shape index (κ2) is 4.86. The highest BCUT2D eigenvalue weighted by molar-refractivity contribution is 6.30. The average Bonchev–Trinajstić information content (AvgIpc) is 2.81. The molecule has 0 spiro atoms. The lowest BCUT2D eigenvalue weighted by Gasteiger charge is -2.05. The third kappa shape index (κ3) is 2.37. The topological polar surface area (TPSA) is 42.6 Å². The van der Waals surface area contributed by atoms with Crippen LogP contribution in [0.25, 0.3) is 11.0 Å². The lowest BCUT2D eigenvalue weighted by Crippen LogP contribution is -1.94. The van der Waals surface area contributed by atoms with Gasteiger partial charge in [-0.25, -0.2) is 0 Å². The Morgan fingerprint density at radius 2 is 2.00 bits per heavy atom. The van der Waals surface area contributed by atoms with Gasteiger partial charge in [-0.05, 0) is 24.3 Å². The summed E-state index contributed by atoms with van der Waals surface area (Å²) in [6.07, 6.45) is 1.59. The number of para-hydroxylation sites is 1. The molecule has 0 fully saturated rings. The SMILES string of the molecule is Oc1cccc2c(COc3cccc(Cl)c3)coc12. The van der Waals surface area contributed by atoms with Gasteiger partial charge in [0.25, 0.3) is 0 Å². The maximum absolute atomic E-state index is 9.65. The van der Waals surface area contributed by atoms with Crippen molar-refractivity contribution in [2.24, 2.45) is 0 Å². The molecular weight excluding hydrogens is 264 g/mol. The van der Waals surface area contributed by atoms with E-state index in [1.807, 2.05) is 18.2 Å². The molecule has 0 aliphatic rings. The van der Waals surface area contributed by atoms with E-state index in [2.05, 4.69) is 0 Å². The minimum atomic E-state index is 0.131. The Balaban J connectivity index is 1.84. The van der Waals surface area contributed by atoms with Gasteiger partial charge in [0, 0.05) is 16.0 Å². The van der Waals surface area contributed by atoms with Crippen molar-refractivity contribution in [3.8, 4) is 11.5 Å². The molecule has 19 heavy (non-hydrogen) atoms. The number of hydrogen-bond acceptors (Lipinski definition) is 3. The van der Waals surface area contributed by atoms with E-state index in [0.717, 1.165) is 10.9 Å². The molecule has 0 aliphatic carbocycles. The first-order chi connectivity index (χ1) is 9.24. The Kier molecular flexibility index (Phi) is 3.05. The van der Waals surface area contributed by atoms with Crippen molar-refractivity contribution in [3.63, 3.8) is 0 Å². The lowest BCUT2D eigenvalue weighted by molar-refractivity contribution is 0.306. The molecule has 0 amide bonds. The van der Waals surface area contributed by atoms with Crippen molar-refractivity contribution < 1.29 is 14.3 Å². The number of fused-ring (bicyclic) bond motifs is 1. The van der Waals surface area contributed by atoms with E-state index in [9.17, 15) is 5.11 Å². The number of hydrogen-bond donors (Lipinski definition) is 1. The van der Waals surface area contributed by atoms with Crippen LogP contribution in [-0.2, 0) is 6.61 Å². The Morgan fingerprint density at radius 3 is 2.84 bits per heavy atom. The van der Waals surface area contributed by atoms with Crippen LogP contribution in [-0.4, -0.2) is 5.11 Å². The molecule has 0 radical (unpaired) electrons. The molecule has 3 nitrogen and oxygen atoms in total. The quantitative estimate of drug-likeness (QED) is 0.771. The maximum Gasteiger partial charge on any atom is 0.175 e. The number of benzene rings is 2. The number of phenolic OH excluding ortho intramolecular Hbond substituents is 1. The monoisotopic (exact) mass is 274 g/mol. The van der Waals surface area contributed by atoms with Crippen LogP contribution >= 0.6 is 11.6 Å². The van der Waals surface area contributed by atoms with Gasteiger partial charge in [-0.1, -0.05) is 29.8 Å². The van der Waals surface area contributed by atoms with E-state index >= 15 is 0 Å². The van der Waals surface area contributed by atoms with E-state index in [1.165, 1.54) is 0 Å². The molecule has 4 heteroatoms. The number of ether oxygens (including phenoxy) is 1. The molecule has 1 heterocycles. The second-order valence-corrected chi connectivity index (χ2v) is 4.60. The molecule has 0 bridgehead atoms. The molecule has 3 rings (SSSR count). The van der Waals surface area contributed by atoms with Gasteiger partial charge in [-0.2, -0.15) is 0 Å². The molecule has 0 saturated carbocycles.